The van der Waals surface area contributed by atoms with Crippen molar-refractivity contribution >= 4 is 46.1 Å². The van der Waals surface area contributed by atoms with Crippen molar-refractivity contribution in [3.63, 3.8) is 0 Å². The number of allylic oxidation sites excluding steroid dienone is 6. The number of hydrogen-bond acceptors (Lipinski definition) is 9. The number of imide groups is 1. The fourth-order valence-electron chi connectivity index (χ4n) is 7.48. The summed E-state index contributed by atoms with van der Waals surface area (Å²) in [4.78, 5) is 58.3. The smallest absolute Gasteiger partial charge is 0.238 e. The lowest BCUT2D eigenvalue weighted by atomic mass is 9.59. The molecule has 0 radical (unpaired) electrons. The molecule has 0 bridgehead atoms. The van der Waals surface area contributed by atoms with Crippen LogP contribution in [0.15, 0.2) is 111 Å². The molecule has 4 aliphatic rings. The minimum atomic E-state index is -0.708. The number of Topliss-reactive ketones (excluding diaryl/α,β-unsaturated/α-hetero) is 1. The van der Waals surface area contributed by atoms with Crippen molar-refractivity contribution in [1.29, 1.82) is 0 Å². The topological polar surface area (TPSA) is 129 Å². The third-order valence-electron chi connectivity index (χ3n) is 9.86. The second kappa shape index (κ2) is 11.9. The summed E-state index contributed by atoms with van der Waals surface area (Å²) in [6.07, 6.45) is 3.80. The van der Waals surface area contributed by atoms with E-state index in [1.807, 2.05) is 49.3 Å². The first-order chi connectivity index (χ1) is 23.1. The summed E-state index contributed by atoms with van der Waals surface area (Å²) in [6.45, 7) is 1.62. The highest BCUT2D eigenvalue weighted by Gasteiger charge is 2.56. The number of phenolic OH excluding ortho intramolecular Hbond substituents is 1. The first-order valence-corrected chi connectivity index (χ1v) is 15.8. The van der Waals surface area contributed by atoms with Gasteiger partial charge in [-0.1, -0.05) is 17.7 Å². The molecule has 242 valence electrons. The van der Waals surface area contributed by atoms with Gasteiger partial charge in [0.15, 0.2) is 23.1 Å². The van der Waals surface area contributed by atoms with Crippen molar-refractivity contribution in [1.82, 2.24) is 0 Å². The predicted molar refractivity (Wildman–Crippen MR) is 180 cm³/mol. The molecule has 4 atom stereocenters. The minimum Gasteiger partial charge on any atom is -0.504 e. The lowest BCUT2D eigenvalue weighted by Crippen LogP contribution is -2.39. The lowest BCUT2D eigenvalue weighted by Gasteiger charge is -2.42. The highest BCUT2D eigenvalue weighted by Crippen LogP contribution is 2.56. The van der Waals surface area contributed by atoms with Gasteiger partial charge in [-0.25, -0.2) is 0 Å². The number of aromatic hydroxyl groups is 1. The van der Waals surface area contributed by atoms with Crippen molar-refractivity contribution in [3.05, 3.63) is 107 Å². The first kappa shape index (κ1) is 31.0. The number of anilines is 2. The number of amides is 2. The summed E-state index contributed by atoms with van der Waals surface area (Å²) in [6, 6.07) is 19.4. The van der Waals surface area contributed by atoms with Crippen molar-refractivity contribution in [2.45, 2.75) is 25.7 Å². The van der Waals surface area contributed by atoms with Gasteiger partial charge in [0, 0.05) is 42.4 Å². The number of ether oxygens (including phenoxy) is 1. The molecule has 1 N–H and O–H groups in total. The Kier molecular flexibility index (Phi) is 7.66. The van der Waals surface area contributed by atoms with Crippen LogP contribution in [0.4, 0.5) is 22.7 Å². The van der Waals surface area contributed by atoms with Crippen molar-refractivity contribution < 1.29 is 29.0 Å². The van der Waals surface area contributed by atoms with E-state index in [-0.39, 0.29) is 41.3 Å². The average molecular weight is 643 g/mol. The molecule has 3 aromatic carbocycles. The van der Waals surface area contributed by atoms with Crippen LogP contribution in [0.1, 0.15) is 31.2 Å². The third-order valence-corrected chi connectivity index (χ3v) is 9.86. The molecule has 1 aliphatic heterocycles. The van der Waals surface area contributed by atoms with E-state index in [0.717, 1.165) is 11.3 Å². The van der Waals surface area contributed by atoms with Gasteiger partial charge in [-0.05, 0) is 98.0 Å². The number of fused-ring (bicyclic) bond motifs is 3. The fraction of sp³-hybridized carbons (Fsp3) is 0.263. The highest BCUT2D eigenvalue weighted by molar-refractivity contribution is 6.25. The number of nitrogens with zero attached hydrogens (tertiary/aromatic N) is 4. The van der Waals surface area contributed by atoms with Gasteiger partial charge < -0.3 is 14.7 Å². The number of ketones is 2. The fourth-order valence-corrected chi connectivity index (χ4v) is 7.48. The van der Waals surface area contributed by atoms with Gasteiger partial charge in [0.2, 0.25) is 11.8 Å². The SMILES string of the molecule is COc1ccc(C2C3=CCC4C(=O)N(c5ccc(N=Nc6ccc(N(C)C)cc6)cc5)C(=O)C4C3CC3=C2C(=O)C(C)=CC3=O)cc1O. The summed E-state index contributed by atoms with van der Waals surface area (Å²) in [7, 11) is 5.38. The van der Waals surface area contributed by atoms with Crippen LogP contribution in [0.25, 0.3) is 0 Å². The Hall–Kier alpha value is -5.64. The summed E-state index contributed by atoms with van der Waals surface area (Å²) in [5.74, 6) is -3.39. The van der Waals surface area contributed by atoms with Gasteiger partial charge in [-0.15, -0.1) is 0 Å². The Morgan fingerprint density at radius 1 is 0.875 bits per heavy atom. The molecule has 1 saturated heterocycles. The summed E-state index contributed by atoms with van der Waals surface area (Å²) in [5, 5.41) is 19.3. The predicted octanol–water partition coefficient (Wildman–Crippen LogP) is 6.52. The van der Waals surface area contributed by atoms with Crippen molar-refractivity contribution in [2.24, 2.45) is 28.0 Å². The van der Waals surface area contributed by atoms with Gasteiger partial charge in [0.1, 0.15) is 0 Å². The third kappa shape index (κ3) is 5.04. The largest absolute Gasteiger partial charge is 0.504 e. The van der Waals surface area contributed by atoms with Crippen LogP contribution in [0.2, 0.25) is 0 Å². The molecule has 7 rings (SSSR count). The Balaban J connectivity index is 1.19. The van der Waals surface area contributed by atoms with E-state index >= 15 is 0 Å². The van der Waals surface area contributed by atoms with E-state index in [0.29, 0.717) is 45.8 Å². The standard InChI is InChI=1S/C38H34N4O6/c1-20-17-30(43)29-19-28-26(33(35(29)36(20)45)21-5-16-32(48-4)31(44)18-21)14-15-27-34(28)38(47)42(37(27)46)25-12-8-23(9-13-25)40-39-22-6-10-24(11-7-22)41(2)3/h5-14,16-18,27-28,33-34,44H,15,19H2,1-4H3. The van der Waals surface area contributed by atoms with Gasteiger partial charge >= 0.3 is 0 Å². The quantitative estimate of drug-likeness (QED) is 0.140. The summed E-state index contributed by atoms with van der Waals surface area (Å²) < 4.78 is 5.24. The van der Waals surface area contributed by atoms with Crippen LogP contribution >= 0.6 is 0 Å². The second-order valence-electron chi connectivity index (χ2n) is 12.8. The zero-order valence-corrected chi connectivity index (χ0v) is 27.0. The van der Waals surface area contributed by atoms with Gasteiger partial charge in [0.25, 0.3) is 0 Å². The monoisotopic (exact) mass is 642 g/mol. The van der Waals surface area contributed by atoms with E-state index in [1.54, 1.807) is 49.4 Å². The van der Waals surface area contributed by atoms with Crippen LogP contribution in [-0.2, 0) is 19.2 Å². The van der Waals surface area contributed by atoms with Crippen LogP contribution < -0.4 is 14.5 Å². The van der Waals surface area contributed by atoms with Gasteiger partial charge in [-0.2, -0.15) is 10.2 Å². The van der Waals surface area contributed by atoms with Gasteiger partial charge in [0.05, 0.1) is 36.0 Å². The molecular weight excluding hydrogens is 608 g/mol. The molecule has 4 unspecified atom stereocenters. The number of carbonyl (C=O) groups excluding carboxylic acids is 4. The van der Waals surface area contributed by atoms with Crippen molar-refractivity contribution in [3.8, 4) is 11.5 Å². The second-order valence-corrected chi connectivity index (χ2v) is 12.8. The number of phenols is 1. The summed E-state index contributed by atoms with van der Waals surface area (Å²) >= 11 is 0. The molecular formula is C38H34N4O6. The molecule has 10 heteroatoms. The number of azo groups is 1. The molecule has 0 saturated carbocycles. The Morgan fingerprint density at radius 3 is 2.17 bits per heavy atom. The molecule has 3 aliphatic carbocycles. The lowest BCUT2D eigenvalue weighted by molar-refractivity contribution is -0.123. The van der Waals surface area contributed by atoms with Crippen LogP contribution in [0, 0.1) is 17.8 Å². The van der Waals surface area contributed by atoms with Crippen molar-refractivity contribution in [2.75, 3.05) is 31.0 Å². The van der Waals surface area contributed by atoms with E-state index in [1.165, 1.54) is 18.1 Å². The first-order valence-electron chi connectivity index (χ1n) is 15.8. The summed E-state index contributed by atoms with van der Waals surface area (Å²) in [5.41, 5.74) is 5.24. The number of rotatable bonds is 6. The molecule has 48 heavy (non-hydrogen) atoms. The Morgan fingerprint density at radius 2 is 1.54 bits per heavy atom. The zero-order valence-electron chi connectivity index (χ0n) is 27.0. The molecule has 0 spiro atoms. The highest BCUT2D eigenvalue weighted by atomic mass is 16.5. The maximum Gasteiger partial charge on any atom is 0.238 e. The number of methoxy groups -OCH3 is 1. The Bertz CT molecular complexity index is 2010. The van der Waals surface area contributed by atoms with E-state index in [2.05, 4.69) is 10.2 Å². The minimum absolute atomic E-state index is 0.0982. The molecule has 1 heterocycles. The molecule has 0 aromatic heterocycles. The number of carbonyl (C=O) groups is 4. The Labute approximate surface area is 277 Å². The van der Waals surface area contributed by atoms with Crippen LogP contribution in [-0.4, -0.2) is 49.7 Å². The molecule has 10 nitrogen and oxygen atoms in total. The van der Waals surface area contributed by atoms with E-state index in [4.69, 9.17) is 4.74 Å². The maximum absolute atomic E-state index is 14.2. The normalized spacial score (nSPS) is 23.5. The zero-order chi connectivity index (χ0) is 33.9. The van der Waals surface area contributed by atoms with E-state index < -0.39 is 23.7 Å². The van der Waals surface area contributed by atoms with Crippen LogP contribution in [0.3, 0.4) is 0 Å². The molecule has 2 amide bonds. The van der Waals surface area contributed by atoms with Crippen LogP contribution in [0.5, 0.6) is 11.5 Å². The van der Waals surface area contributed by atoms with E-state index in [9.17, 15) is 24.3 Å². The average Bonchev–Trinajstić information content (AvgIpc) is 3.34. The molecule has 1 fully saturated rings. The number of hydrogen-bond donors (Lipinski definition) is 1. The maximum atomic E-state index is 14.2. The molecule has 3 aromatic rings. The van der Waals surface area contributed by atoms with Gasteiger partial charge in [-0.3, -0.25) is 24.1 Å². The number of benzene rings is 3.